The maximum atomic E-state index is 12.6. The molecule has 0 N–H and O–H groups in total. The molecule has 0 unspecified atom stereocenters. The number of hydrogen-bond acceptors (Lipinski definition) is 3. The Balaban J connectivity index is 2.50. The van der Waals surface area contributed by atoms with Crippen molar-refractivity contribution >= 4 is 11.9 Å². The number of unbranched alkanes of at least 4 members (excludes halogenated alkanes) is 3. The van der Waals surface area contributed by atoms with Crippen molar-refractivity contribution in [2.24, 2.45) is 0 Å². The summed E-state index contributed by atoms with van der Waals surface area (Å²) in [5, 5.41) is 0. The van der Waals surface area contributed by atoms with Gasteiger partial charge in [0, 0.05) is 19.5 Å². The molecule has 0 radical (unpaired) electrons. The Morgan fingerprint density at radius 3 is 2.32 bits per heavy atom. The first-order valence-corrected chi connectivity index (χ1v) is 9.55. The van der Waals surface area contributed by atoms with Gasteiger partial charge in [-0.3, -0.25) is 9.59 Å². The Hall–Kier alpha value is -1.84. The predicted molar refractivity (Wildman–Crippen MR) is 101 cm³/mol. The van der Waals surface area contributed by atoms with Gasteiger partial charge in [0.1, 0.15) is 0 Å². The lowest BCUT2D eigenvalue weighted by Gasteiger charge is -2.22. The minimum Gasteiger partial charge on any atom is -0.466 e. The molecule has 0 aromatic heterocycles. The van der Waals surface area contributed by atoms with Crippen LogP contribution in [0, 0.1) is 6.92 Å². The van der Waals surface area contributed by atoms with Crippen LogP contribution in [0.25, 0.3) is 0 Å². The average Bonchev–Trinajstić information content (AvgIpc) is 2.60. The molecule has 0 spiro atoms. The van der Waals surface area contributed by atoms with Crippen LogP contribution in [-0.4, -0.2) is 36.5 Å². The second-order valence-corrected chi connectivity index (χ2v) is 6.48. The fourth-order valence-electron chi connectivity index (χ4n) is 2.71. The highest BCUT2D eigenvalue weighted by molar-refractivity contribution is 5.77. The molecule has 0 fully saturated rings. The fourth-order valence-corrected chi connectivity index (χ4v) is 2.71. The predicted octanol–water partition coefficient (Wildman–Crippen LogP) is 4.29. The van der Waals surface area contributed by atoms with Gasteiger partial charge < -0.3 is 9.64 Å². The van der Waals surface area contributed by atoms with Gasteiger partial charge in [-0.05, 0) is 32.3 Å². The lowest BCUT2D eigenvalue weighted by Crippen LogP contribution is -2.34. The molecular formula is C21H33NO3. The van der Waals surface area contributed by atoms with E-state index in [0.29, 0.717) is 19.6 Å². The molecule has 0 saturated carbocycles. The van der Waals surface area contributed by atoms with Gasteiger partial charge in [-0.1, -0.05) is 56.0 Å². The number of carbonyl (C=O) groups excluding carboxylic acids is 2. The third-order valence-electron chi connectivity index (χ3n) is 4.27. The molecule has 0 bridgehead atoms. The van der Waals surface area contributed by atoms with Gasteiger partial charge in [-0.25, -0.2) is 0 Å². The molecule has 1 rings (SSSR count). The molecule has 4 heteroatoms. The van der Waals surface area contributed by atoms with Crippen molar-refractivity contribution in [2.75, 3.05) is 19.7 Å². The zero-order valence-corrected chi connectivity index (χ0v) is 16.1. The highest BCUT2D eigenvalue weighted by Crippen LogP contribution is 2.09. The highest BCUT2D eigenvalue weighted by atomic mass is 16.5. The normalized spacial score (nSPS) is 10.5. The van der Waals surface area contributed by atoms with E-state index < -0.39 is 0 Å². The number of esters is 1. The van der Waals surface area contributed by atoms with E-state index in [1.54, 1.807) is 6.92 Å². The van der Waals surface area contributed by atoms with E-state index in [1.165, 1.54) is 24.0 Å². The smallest absolute Gasteiger partial charge is 0.307 e. The third kappa shape index (κ3) is 9.28. The number of carbonyl (C=O) groups is 2. The van der Waals surface area contributed by atoms with E-state index in [-0.39, 0.29) is 18.3 Å². The van der Waals surface area contributed by atoms with Crippen LogP contribution in [0.1, 0.15) is 63.5 Å². The number of amides is 1. The monoisotopic (exact) mass is 347 g/mol. The van der Waals surface area contributed by atoms with Gasteiger partial charge in [0.15, 0.2) is 0 Å². The largest absolute Gasteiger partial charge is 0.466 e. The van der Waals surface area contributed by atoms with E-state index >= 15 is 0 Å². The molecular weight excluding hydrogens is 314 g/mol. The first-order valence-electron chi connectivity index (χ1n) is 9.55. The zero-order chi connectivity index (χ0) is 18.5. The van der Waals surface area contributed by atoms with E-state index in [2.05, 4.69) is 38.1 Å². The molecule has 0 aliphatic carbocycles. The van der Waals surface area contributed by atoms with Crippen molar-refractivity contribution in [2.45, 2.75) is 65.7 Å². The summed E-state index contributed by atoms with van der Waals surface area (Å²) in [6.07, 6.45) is 5.97. The summed E-state index contributed by atoms with van der Waals surface area (Å²) in [6.45, 7) is 7.60. The van der Waals surface area contributed by atoms with Gasteiger partial charge in [0.2, 0.25) is 5.91 Å². The maximum Gasteiger partial charge on any atom is 0.307 e. The molecule has 1 aromatic carbocycles. The second kappa shape index (κ2) is 12.5. The van der Waals surface area contributed by atoms with E-state index in [4.69, 9.17) is 4.74 Å². The van der Waals surface area contributed by atoms with Crippen LogP contribution >= 0.6 is 0 Å². The fraction of sp³-hybridized carbons (Fsp3) is 0.619. The molecule has 1 aromatic rings. The SMILES string of the molecule is CCCCCCN(CCC(=O)OCC)C(=O)CCc1ccc(C)cc1. The quantitative estimate of drug-likeness (QED) is 0.418. The molecule has 0 atom stereocenters. The van der Waals surface area contributed by atoms with Crippen LogP contribution in [0.5, 0.6) is 0 Å². The van der Waals surface area contributed by atoms with Crippen LogP contribution in [0.3, 0.4) is 0 Å². The number of aryl methyl sites for hydroxylation is 2. The molecule has 4 nitrogen and oxygen atoms in total. The minimum atomic E-state index is -0.229. The molecule has 140 valence electrons. The number of ether oxygens (including phenoxy) is 1. The van der Waals surface area contributed by atoms with E-state index in [1.807, 2.05) is 4.90 Å². The summed E-state index contributed by atoms with van der Waals surface area (Å²) < 4.78 is 4.98. The zero-order valence-electron chi connectivity index (χ0n) is 16.1. The molecule has 0 aliphatic rings. The Labute approximate surface area is 152 Å². The summed E-state index contributed by atoms with van der Waals surface area (Å²) in [4.78, 5) is 26.0. The number of hydrogen-bond donors (Lipinski definition) is 0. The molecule has 0 heterocycles. The first kappa shape index (κ1) is 21.2. The van der Waals surface area contributed by atoms with Crippen molar-refractivity contribution in [1.29, 1.82) is 0 Å². The van der Waals surface area contributed by atoms with E-state index in [0.717, 1.165) is 25.8 Å². The first-order chi connectivity index (χ1) is 12.1. The number of nitrogens with zero attached hydrogens (tertiary/aromatic N) is 1. The standard InChI is InChI=1S/C21H33NO3/c1-4-6-7-8-16-22(17-15-21(24)25-5-2)20(23)14-13-19-11-9-18(3)10-12-19/h9-12H,4-8,13-17H2,1-3H3. The van der Waals surface area contributed by atoms with Gasteiger partial charge in [0.25, 0.3) is 0 Å². The maximum absolute atomic E-state index is 12.6. The number of benzene rings is 1. The third-order valence-corrected chi connectivity index (χ3v) is 4.27. The average molecular weight is 347 g/mol. The topological polar surface area (TPSA) is 46.6 Å². The van der Waals surface area contributed by atoms with Crippen LogP contribution < -0.4 is 0 Å². The summed E-state index contributed by atoms with van der Waals surface area (Å²) in [5.41, 5.74) is 2.40. The lowest BCUT2D eigenvalue weighted by molar-refractivity contribution is -0.144. The molecule has 0 saturated heterocycles. The van der Waals surface area contributed by atoms with E-state index in [9.17, 15) is 9.59 Å². The Kier molecular flexibility index (Phi) is 10.6. The molecule has 25 heavy (non-hydrogen) atoms. The van der Waals surface area contributed by atoms with Crippen molar-refractivity contribution < 1.29 is 14.3 Å². The highest BCUT2D eigenvalue weighted by Gasteiger charge is 2.15. The Morgan fingerprint density at radius 1 is 0.960 bits per heavy atom. The minimum absolute atomic E-state index is 0.126. The summed E-state index contributed by atoms with van der Waals surface area (Å²) >= 11 is 0. The summed E-state index contributed by atoms with van der Waals surface area (Å²) in [7, 11) is 0. The molecule has 1 amide bonds. The molecule has 0 aliphatic heterocycles. The van der Waals surface area contributed by atoms with Crippen molar-refractivity contribution in [3.63, 3.8) is 0 Å². The van der Waals surface area contributed by atoms with Crippen LogP contribution in [0.4, 0.5) is 0 Å². The van der Waals surface area contributed by atoms with Crippen molar-refractivity contribution in [1.82, 2.24) is 4.90 Å². The van der Waals surface area contributed by atoms with Crippen molar-refractivity contribution in [3.8, 4) is 0 Å². The van der Waals surface area contributed by atoms with Crippen LogP contribution in [-0.2, 0) is 20.7 Å². The number of rotatable bonds is 12. The Bertz CT molecular complexity index is 510. The summed E-state index contributed by atoms with van der Waals surface area (Å²) in [6, 6.07) is 8.30. The Morgan fingerprint density at radius 2 is 1.68 bits per heavy atom. The summed E-state index contributed by atoms with van der Waals surface area (Å²) in [5.74, 6) is -0.103. The van der Waals surface area contributed by atoms with Gasteiger partial charge in [0.05, 0.1) is 13.0 Å². The van der Waals surface area contributed by atoms with Gasteiger partial charge in [-0.15, -0.1) is 0 Å². The second-order valence-electron chi connectivity index (χ2n) is 6.48. The van der Waals surface area contributed by atoms with Crippen molar-refractivity contribution in [3.05, 3.63) is 35.4 Å². The van der Waals surface area contributed by atoms with Crippen LogP contribution in [0.15, 0.2) is 24.3 Å². The van der Waals surface area contributed by atoms with Gasteiger partial charge >= 0.3 is 5.97 Å². The van der Waals surface area contributed by atoms with Gasteiger partial charge in [-0.2, -0.15) is 0 Å². The lowest BCUT2D eigenvalue weighted by atomic mass is 10.1. The van der Waals surface area contributed by atoms with Crippen LogP contribution in [0.2, 0.25) is 0 Å².